The van der Waals surface area contributed by atoms with Crippen molar-refractivity contribution in [2.45, 2.75) is 32.4 Å². The highest BCUT2D eigenvalue weighted by Gasteiger charge is 2.27. The lowest BCUT2D eigenvalue weighted by atomic mass is 10.0. The van der Waals surface area contributed by atoms with E-state index in [0.717, 1.165) is 30.7 Å². The number of benzene rings is 2. The number of carbonyl (C=O) groups excluding carboxylic acids is 1. The van der Waals surface area contributed by atoms with E-state index >= 15 is 0 Å². The second-order valence-corrected chi connectivity index (χ2v) is 6.39. The minimum atomic E-state index is 0.0849. The quantitative estimate of drug-likeness (QED) is 0.839. The first-order valence-corrected chi connectivity index (χ1v) is 9.03. The van der Waals surface area contributed by atoms with Gasteiger partial charge in [0.2, 0.25) is 5.91 Å². The maximum absolute atomic E-state index is 12.3. The van der Waals surface area contributed by atoms with Gasteiger partial charge in [-0.3, -0.25) is 9.69 Å². The Labute approximate surface area is 149 Å². The summed E-state index contributed by atoms with van der Waals surface area (Å²) in [4.78, 5) is 14.6. The predicted octanol–water partition coefficient (Wildman–Crippen LogP) is 3.54. The minimum Gasteiger partial charge on any atom is -0.494 e. The molecule has 0 aliphatic carbocycles. The first-order valence-electron chi connectivity index (χ1n) is 9.03. The molecule has 3 rings (SSSR count). The van der Waals surface area contributed by atoms with Gasteiger partial charge in [-0.15, -0.1) is 0 Å². The van der Waals surface area contributed by atoms with Crippen LogP contribution in [0.3, 0.4) is 0 Å². The second kappa shape index (κ2) is 8.67. The summed E-state index contributed by atoms with van der Waals surface area (Å²) in [5, 5.41) is 3.02. The van der Waals surface area contributed by atoms with E-state index in [0.29, 0.717) is 25.7 Å². The van der Waals surface area contributed by atoms with Crippen LogP contribution in [0.4, 0.5) is 0 Å². The summed E-state index contributed by atoms with van der Waals surface area (Å²) < 4.78 is 5.51. The smallest absolute Gasteiger partial charge is 0.234 e. The molecule has 132 valence electrons. The molecular formula is C21H26N2O2. The van der Waals surface area contributed by atoms with Crippen molar-refractivity contribution in [1.29, 1.82) is 0 Å². The van der Waals surface area contributed by atoms with E-state index < -0.39 is 0 Å². The van der Waals surface area contributed by atoms with Gasteiger partial charge in [-0.1, -0.05) is 42.5 Å². The average Bonchev–Trinajstić information content (AvgIpc) is 3.10. The second-order valence-electron chi connectivity index (χ2n) is 6.39. The Morgan fingerprint density at radius 3 is 2.64 bits per heavy atom. The van der Waals surface area contributed by atoms with Crippen LogP contribution in [0.15, 0.2) is 54.6 Å². The lowest BCUT2D eigenvalue weighted by molar-refractivity contribution is -0.122. The number of hydrogen-bond acceptors (Lipinski definition) is 3. The maximum Gasteiger partial charge on any atom is 0.234 e. The van der Waals surface area contributed by atoms with Gasteiger partial charge in [0.15, 0.2) is 0 Å². The molecule has 4 heteroatoms. The third-order valence-electron chi connectivity index (χ3n) is 4.62. The van der Waals surface area contributed by atoms with E-state index in [9.17, 15) is 4.79 Å². The van der Waals surface area contributed by atoms with Crippen molar-refractivity contribution in [1.82, 2.24) is 10.2 Å². The van der Waals surface area contributed by atoms with E-state index in [1.54, 1.807) is 0 Å². The normalized spacial score (nSPS) is 17.4. The summed E-state index contributed by atoms with van der Waals surface area (Å²) in [7, 11) is 0. The fourth-order valence-electron chi connectivity index (χ4n) is 3.38. The van der Waals surface area contributed by atoms with Gasteiger partial charge in [-0.2, -0.15) is 0 Å². The molecule has 2 aromatic carbocycles. The van der Waals surface area contributed by atoms with Crippen molar-refractivity contribution in [3.8, 4) is 5.75 Å². The van der Waals surface area contributed by atoms with Crippen LogP contribution in [0.1, 0.15) is 36.9 Å². The first-order chi connectivity index (χ1) is 12.3. The van der Waals surface area contributed by atoms with Crippen LogP contribution in [-0.4, -0.2) is 30.5 Å². The van der Waals surface area contributed by atoms with Crippen molar-refractivity contribution >= 4 is 5.91 Å². The zero-order valence-electron chi connectivity index (χ0n) is 14.8. The molecule has 1 unspecified atom stereocenters. The third kappa shape index (κ3) is 4.83. The highest BCUT2D eigenvalue weighted by Crippen LogP contribution is 2.32. The Morgan fingerprint density at radius 2 is 1.92 bits per heavy atom. The number of nitrogens with one attached hydrogen (secondary N) is 1. The zero-order chi connectivity index (χ0) is 17.5. The molecule has 0 saturated carbocycles. The van der Waals surface area contributed by atoms with Crippen molar-refractivity contribution in [3.63, 3.8) is 0 Å². The lowest BCUT2D eigenvalue weighted by Gasteiger charge is -2.24. The van der Waals surface area contributed by atoms with E-state index in [-0.39, 0.29) is 5.91 Å². The molecule has 1 N–H and O–H groups in total. The number of likely N-dealkylation sites (tertiary alicyclic amines) is 1. The zero-order valence-corrected chi connectivity index (χ0v) is 14.8. The molecule has 25 heavy (non-hydrogen) atoms. The number of hydrogen-bond donors (Lipinski definition) is 1. The molecule has 1 fully saturated rings. The molecular weight excluding hydrogens is 312 g/mol. The molecule has 0 spiro atoms. The summed E-state index contributed by atoms with van der Waals surface area (Å²) in [5.41, 5.74) is 2.39. The van der Waals surface area contributed by atoms with Gasteiger partial charge in [0.05, 0.1) is 13.2 Å². The summed E-state index contributed by atoms with van der Waals surface area (Å²) >= 11 is 0. The monoisotopic (exact) mass is 338 g/mol. The van der Waals surface area contributed by atoms with Crippen LogP contribution < -0.4 is 10.1 Å². The number of nitrogens with zero attached hydrogens (tertiary/aromatic N) is 1. The molecule has 1 saturated heterocycles. The minimum absolute atomic E-state index is 0.0849. The molecule has 0 bridgehead atoms. The van der Waals surface area contributed by atoms with Gasteiger partial charge in [-0.05, 0) is 49.6 Å². The highest BCUT2D eigenvalue weighted by atomic mass is 16.5. The van der Waals surface area contributed by atoms with Crippen LogP contribution in [0, 0.1) is 0 Å². The SMILES string of the molecule is CCOc1ccc(C2CCCN2CC(=O)NCc2ccccc2)cc1. The fourth-order valence-corrected chi connectivity index (χ4v) is 3.38. The van der Waals surface area contributed by atoms with E-state index in [4.69, 9.17) is 4.74 Å². The number of ether oxygens (including phenoxy) is 1. The first kappa shape index (κ1) is 17.5. The Morgan fingerprint density at radius 1 is 1.16 bits per heavy atom. The van der Waals surface area contributed by atoms with Crippen LogP contribution >= 0.6 is 0 Å². The Balaban J connectivity index is 1.55. The van der Waals surface area contributed by atoms with E-state index in [1.165, 1.54) is 5.56 Å². The standard InChI is InChI=1S/C21H26N2O2/c1-2-25-19-12-10-18(11-13-19)20-9-6-14-23(20)16-21(24)22-15-17-7-4-3-5-8-17/h3-5,7-8,10-13,20H,2,6,9,14-16H2,1H3,(H,22,24). The summed E-state index contributed by atoms with van der Waals surface area (Å²) in [6, 6.07) is 18.6. The molecule has 4 nitrogen and oxygen atoms in total. The Kier molecular flexibility index (Phi) is 6.07. The highest BCUT2D eigenvalue weighted by molar-refractivity contribution is 5.78. The Hall–Kier alpha value is -2.33. The molecule has 1 aliphatic heterocycles. The number of rotatable bonds is 7. The molecule has 1 heterocycles. The number of amides is 1. The lowest BCUT2D eigenvalue weighted by Crippen LogP contribution is -2.36. The van der Waals surface area contributed by atoms with Gasteiger partial charge in [-0.25, -0.2) is 0 Å². The molecule has 0 radical (unpaired) electrons. The van der Waals surface area contributed by atoms with Crippen molar-refractivity contribution in [3.05, 3.63) is 65.7 Å². The van der Waals surface area contributed by atoms with Crippen molar-refractivity contribution < 1.29 is 9.53 Å². The summed E-state index contributed by atoms with van der Waals surface area (Å²) in [6.07, 6.45) is 2.23. The van der Waals surface area contributed by atoms with Crippen LogP contribution in [0.5, 0.6) is 5.75 Å². The summed E-state index contributed by atoms with van der Waals surface area (Å²) in [6.45, 7) is 4.67. The number of carbonyl (C=O) groups is 1. The third-order valence-corrected chi connectivity index (χ3v) is 4.62. The van der Waals surface area contributed by atoms with Crippen LogP contribution in [-0.2, 0) is 11.3 Å². The van der Waals surface area contributed by atoms with Crippen LogP contribution in [0.2, 0.25) is 0 Å². The predicted molar refractivity (Wildman–Crippen MR) is 99.4 cm³/mol. The van der Waals surface area contributed by atoms with E-state index in [1.807, 2.05) is 49.4 Å². The van der Waals surface area contributed by atoms with E-state index in [2.05, 4.69) is 22.3 Å². The molecule has 1 amide bonds. The van der Waals surface area contributed by atoms with Crippen molar-refractivity contribution in [2.75, 3.05) is 19.7 Å². The molecule has 1 atom stereocenters. The molecule has 0 aromatic heterocycles. The molecule has 2 aromatic rings. The van der Waals surface area contributed by atoms with Gasteiger partial charge in [0, 0.05) is 12.6 Å². The average molecular weight is 338 g/mol. The fraction of sp³-hybridized carbons (Fsp3) is 0.381. The van der Waals surface area contributed by atoms with Crippen LogP contribution in [0.25, 0.3) is 0 Å². The maximum atomic E-state index is 12.3. The van der Waals surface area contributed by atoms with Gasteiger partial charge in [0.25, 0.3) is 0 Å². The molecule has 1 aliphatic rings. The topological polar surface area (TPSA) is 41.6 Å². The van der Waals surface area contributed by atoms with Crippen molar-refractivity contribution in [2.24, 2.45) is 0 Å². The Bertz CT molecular complexity index is 670. The largest absolute Gasteiger partial charge is 0.494 e. The van der Waals surface area contributed by atoms with Gasteiger partial charge in [0.1, 0.15) is 5.75 Å². The summed E-state index contributed by atoms with van der Waals surface area (Å²) in [5.74, 6) is 0.984. The van der Waals surface area contributed by atoms with Gasteiger partial charge >= 0.3 is 0 Å². The van der Waals surface area contributed by atoms with Gasteiger partial charge < -0.3 is 10.1 Å².